The summed E-state index contributed by atoms with van der Waals surface area (Å²) in [5, 5.41) is 8.89. The predicted octanol–water partition coefficient (Wildman–Crippen LogP) is 1.52. The van der Waals surface area contributed by atoms with E-state index in [0.717, 1.165) is 11.1 Å². The molecule has 2 rings (SSSR count). The lowest BCUT2D eigenvalue weighted by atomic mass is 9.97. The lowest BCUT2D eigenvalue weighted by molar-refractivity contribution is -0.139. The second kappa shape index (κ2) is 10.8. The van der Waals surface area contributed by atoms with Gasteiger partial charge in [-0.25, -0.2) is 13.1 Å². The predicted molar refractivity (Wildman–Crippen MR) is 111 cm³/mol. The van der Waals surface area contributed by atoms with Gasteiger partial charge in [0.2, 0.25) is 10.0 Å². The van der Waals surface area contributed by atoms with Crippen molar-refractivity contribution < 1.29 is 23.1 Å². The Kier molecular flexibility index (Phi) is 8.50. The first kappa shape index (κ1) is 22.7. The minimum absolute atomic E-state index is 0.102. The number of benzene rings is 2. The molecular weight excluding hydrogens is 392 g/mol. The zero-order valence-corrected chi connectivity index (χ0v) is 16.8. The number of sulfonamides is 1. The molecule has 1 unspecified atom stereocenters. The summed E-state index contributed by atoms with van der Waals surface area (Å²) in [5.74, 6) is -1.99. The topological polar surface area (TPSA) is 127 Å². The molecule has 0 heterocycles. The van der Waals surface area contributed by atoms with Gasteiger partial charge in [0.05, 0.1) is 24.3 Å². The van der Waals surface area contributed by atoms with E-state index < -0.39 is 40.3 Å². The van der Waals surface area contributed by atoms with Crippen LogP contribution in [0.15, 0.2) is 60.7 Å². The van der Waals surface area contributed by atoms with Crippen molar-refractivity contribution >= 4 is 21.8 Å². The fourth-order valence-corrected chi connectivity index (χ4v) is 4.26. The van der Waals surface area contributed by atoms with Gasteiger partial charge in [0.1, 0.15) is 0 Å². The third-order valence-electron chi connectivity index (χ3n) is 4.43. The molecule has 8 heteroatoms. The Hall–Kier alpha value is -2.55. The van der Waals surface area contributed by atoms with E-state index in [2.05, 4.69) is 4.72 Å². The number of aliphatic carboxylic acids is 1. The number of carbonyl (C=O) groups excluding carboxylic acids is 1. The van der Waals surface area contributed by atoms with Crippen molar-refractivity contribution in [3.8, 4) is 0 Å². The van der Waals surface area contributed by atoms with Crippen molar-refractivity contribution in [1.82, 2.24) is 4.72 Å². The van der Waals surface area contributed by atoms with E-state index in [0.29, 0.717) is 12.8 Å². The van der Waals surface area contributed by atoms with Crippen LogP contribution in [-0.2, 0) is 32.5 Å². The van der Waals surface area contributed by atoms with Gasteiger partial charge in [-0.05, 0) is 30.4 Å². The molecule has 156 valence electrons. The molecule has 0 aliphatic rings. The average molecular weight is 419 g/mol. The van der Waals surface area contributed by atoms with Crippen LogP contribution in [-0.4, -0.2) is 43.1 Å². The van der Waals surface area contributed by atoms with Crippen LogP contribution in [0.2, 0.25) is 0 Å². The van der Waals surface area contributed by atoms with Gasteiger partial charge in [0.25, 0.3) is 0 Å². The number of aryl methyl sites for hydroxylation is 1. The van der Waals surface area contributed by atoms with E-state index in [9.17, 15) is 18.0 Å². The molecule has 2 aromatic carbocycles. The first-order valence-electron chi connectivity index (χ1n) is 9.36. The first-order chi connectivity index (χ1) is 13.8. The Morgan fingerprint density at radius 3 is 2.07 bits per heavy atom. The van der Waals surface area contributed by atoms with E-state index >= 15 is 0 Å². The Morgan fingerprint density at radius 1 is 0.966 bits per heavy atom. The van der Waals surface area contributed by atoms with Crippen LogP contribution in [0.1, 0.15) is 24.0 Å². The van der Waals surface area contributed by atoms with Crippen molar-refractivity contribution in [3.63, 3.8) is 0 Å². The molecule has 0 bridgehead atoms. The smallest absolute Gasteiger partial charge is 0.305 e. The Bertz CT molecular complexity index is 901. The Balaban J connectivity index is 2.06. The van der Waals surface area contributed by atoms with Crippen LogP contribution in [0.3, 0.4) is 0 Å². The summed E-state index contributed by atoms with van der Waals surface area (Å²) in [7, 11) is -3.75. The Labute approximate surface area is 171 Å². The lowest BCUT2D eigenvalue weighted by Gasteiger charge is -2.21. The fraction of sp³-hybridized carbons (Fsp3) is 0.333. The summed E-state index contributed by atoms with van der Waals surface area (Å²) in [6.45, 7) is 0. The number of hydrogen-bond donors (Lipinski definition) is 3. The maximum atomic E-state index is 12.6. The largest absolute Gasteiger partial charge is 0.481 e. The molecule has 0 fully saturated rings. The molecule has 0 aliphatic heterocycles. The van der Waals surface area contributed by atoms with Crippen molar-refractivity contribution in [2.75, 3.05) is 5.75 Å². The summed E-state index contributed by atoms with van der Waals surface area (Å²) in [6, 6.07) is 16.0. The zero-order chi connectivity index (χ0) is 21.3. The normalized spacial score (nSPS) is 13.6. The van der Waals surface area contributed by atoms with Gasteiger partial charge < -0.3 is 10.8 Å². The molecule has 0 radical (unpaired) electrons. The lowest BCUT2D eigenvalue weighted by Crippen LogP contribution is -2.50. The van der Waals surface area contributed by atoms with E-state index in [1.54, 1.807) is 24.3 Å². The van der Waals surface area contributed by atoms with Gasteiger partial charge in [-0.2, -0.15) is 0 Å². The number of carboxylic acids is 1. The third-order valence-corrected chi connectivity index (χ3v) is 5.90. The summed E-state index contributed by atoms with van der Waals surface area (Å²) in [6.07, 6.45) is 0.537. The van der Waals surface area contributed by atoms with Crippen molar-refractivity contribution in [3.05, 3.63) is 71.8 Å². The van der Waals surface area contributed by atoms with Crippen LogP contribution >= 0.6 is 0 Å². The molecule has 0 saturated carbocycles. The zero-order valence-electron chi connectivity index (χ0n) is 16.0. The number of Topliss-reactive ketones (excluding diaryl/α,β-unsaturated/α-hetero) is 1. The molecule has 2 atom stereocenters. The molecular formula is C21H26N2O5S. The second-order valence-corrected chi connectivity index (χ2v) is 8.75. The van der Waals surface area contributed by atoms with E-state index in [-0.39, 0.29) is 12.2 Å². The quantitative estimate of drug-likeness (QED) is 0.480. The number of rotatable bonds is 12. The highest BCUT2D eigenvalue weighted by Gasteiger charge is 2.29. The van der Waals surface area contributed by atoms with Crippen LogP contribution < -0.4 is 10.5 Å². The van der Waals surface area contributed by atoms with Gasteiger partial charge in [-0.3, -0.25) is 9.59 Å². The van der Waals surface area contributed by atoms with E-state index in [1.165, 1.54) is 0 Å². The minimum Gasteiger partial charge on any atom is -0.481 e. The molecule has 0 saturated heterocycles. The van der Waals surface area contributed by atoms with E-state index in [1.807, 2.05) is 36.4 Å². The van der Waals surface area contributed by atoms with Crippen LogP contribution in [0, 0.1) is 0 Å². The maximum Gasteiger partial charge on any atom is 0.305 e. The van der Waals surface area contributed by atoms with Crippen LogP contribution in [0.5, 0.6) is 0 Å². The number of hydrogen-bond acceptors (Lipinski definition) is 5. The van der Waals surface area contributed by atoms with Gasteiger partial charge in [0.15, 0.2) is 5.78 Å². The second-order valence-electron chi connectivity index (χ2n) is 6.87. The van der Waals surface area contributed by atoms with Gasteiger partial charge in [-0.1, -0.05) is 60.7 Å². The van der Waals surface area contributed by atoms with Gasteiger partial charge in [-0.15, -0.1) is 0 Å². The molecule has 29 heavy (non-hydrogen) atoms. The number of ketones is 1. The first-order valence-corrected chi connectivity index (χ1v) is 11.0. The number of nitrogens with one attached hydrogen (secondary N) is 1. The molecule has 0 amide bonds. The maximum absolute atomic E-state index is 12.6. The summed E-state index contributed by atoms with van der Waals surface area (Å²) in [5.41, 5.74) is 7.48. The molecule has 0 spiro atoms. The Morgan fingerprint density at radius 2 is 1.52 bits per heavy atom. The molecule has 0 aliphatic carbocycles. The highest BCUT2D eigenvalue weighted by Crippen LogP contribution is 2.09. The fourth-order valence-electron chi connectivity index (χ4n) is 2.98. The number of carboxylic acid groups (broad SMARTS) is 1. The average Bonchev–Trinajstić information content (AvgIpc) is 2.67. The van der Waals surface area contributed by atoms with Gasteiger partial charge >= 0.3 is 5.97 Å². The number of nitrogens with two attached hydrogens (primary N) is 1. The van der Waals surface area contributed by atoms with Crippen LogP contribution in [0.25, 0.3) is 0 Å². The highest BCUT2D eigenvalue weighted by molar-refractivity contribution is 7.89. The summed E-state index contributed by atoms with van der Waals surface area (Å²) >= 11 is 0. The third kappa shape index (κ3) is 8.15. The number of carbonyl (C=O) groups is 2. The monoisotopic (exact) mass is 418 g/mol. The molecule has 0 aromatic heterocycles. The van der Waals surface area contributed by atoms with Crippen molar-refractivity contribution in [2.24, 2.45) is 5.73 Å². The van der Waals surface area contributed by atoms with Gasteiger partial charge in [0, 0.05) is 0 Å². The standard InChI is InChI=1S/C21H26N2O5S/c22-18(15-20(24)25)21(26)19(14-17-10-5-2-6-11-17)23-29(27,28)13-7-12-16-8-3-1-4-9-16/h1-6,8-11,18-19,23H,7,12-15,22H2,(H,24,25)/t18-,19?/m0/s1. The molecule has 2 aromatic rings. The molecule has 4 N–H and O–H groups in total. The molecule has 7 nitrogen and oxygen atoms in total. The van der Waals surface area contributed by atoms with Crippen LogP contribution in [0.4, 0.5) is 0 Å². The van der Waals surface area contributed by atoms with Crippen molar-refractivity contribution in [2.45, 2.75) is 37.8 Å². The van der Waals surface area contributed by atoms with E-state index in [4.69, 9.17) is 10.8 Å². The summed E-state index contributed by atoms with van der Waals surface area (Å²) in [4.78, 5) is 23.5. The van der Waals surface area contributed by atoms with Crippen molar-refractivity contribution in [1.29, 1.82) is 0 Å². The SMILES string of the molecule is N[C@@H](CC(=O)O)C(=O)C(Cc1ccccc1)NS(=O)(=O)CCCc1ccccc1. The highest BCUT2D eigenvalue weighted by atomic mass is 32.2. The minimum atomic E-state index is -3.75. The summed E-state index contributed by atoms with van der Waals surface area (Å²) < 4.78 is 27.5.